The molecule has 0 saturated heterocycles. The van der Waals surface area contributed by atoms with Crippen LogP contribution in [0.3, 0.4) is 0 Å². The largest absolute Gasteiger partial charge is 0.310 e. The number of aromatic amines is 1. The first-order chi connectivity index (χ1) is 6.81. The first kappa shape index (κ1) is 8.75. The predicted molar refractivity (Wildman–Crippen MR) is 49.3 cm³/mol. The molecule has 72 valence electrons. The summed E-state index contributed by atoms with van der Waals surface area (Å²) in [7, 11) is 0. The van der Waals surface area contributed by atoms with Gasteiger partial charge in [-0.2, -0.15) is 10.4 Å². The van der Waals surface area contributed by atoms with E-state index in [2.05, 4.69) is 15.5 Å². The molecule has 0 spiro atoms. The van der Waals surface area contributed by atoms with Gasteiger partial charge in [-0.05, 0) is 12.8 Å². The predicted octanol–water partition coefficient (Wildman–Crippen LogP) is 1.02. The maximum Gasteiger partial charge on any atom is 0.228 e. The molecule has 1 amide bonds. The number of rotatable bonds is 2. The summed E-state index contributed by atoms with van der Waals surface area (Å²) in [5.74, 6) is 0.506. The molecule has 14 heavy (non-hydrogen) atoms. The van der Waals surface area contributed by atoms with Crippen LogP contribution in [0.15, 0.2) is 6.20 Å². The van der Waals surface area contributed by atoms with Gasteiger partial charge in [0.05, 0.1) is 6.20 Å². The molecule has 1 aromatic rings. The molecular formula is C9H10N4O. The van der Waals surface area contributed by atoms with Crippen LogP contribution in [0.25, 0.3) is 0 Å². The van der Waals surface area contributed by atoms with E-state index in [0.717, 1.165) is 19.3 Å². The Morgan fingerprint density at radius 2 is 2.50 bits per heavy atom. The Hall–Kier alpha value is -1.83. The number of carbonyl (C=O) groups is 1. The van der Waals surface area contributed by atoms with Crippen molar-refractivity contribution in [3.63, 3.8) is 0 Å². The average Bonchev–Trinajstić information content (AvgIpc) is 2.48. The van der Waals surface area contributed by atoms with E-state index in [-0.39, 0.29) is 11.8 Å². The van der Waals surface area contributed by atoms with Crippen molar-refractivity contribution in [2.45, 2.75) is 19.3 Å². The number of carbonyl (C=O) groups excluding carboxylic acids is 1. The van der Waals surface area contributed by atoms with Gasteiger partial charge in [0.2, 0.25) is 5.91 Å². The van der Waals surface area contributed by atoms with Crippen molar-refractivity contribution in [3.05, 3.63) is 11.8 Å². The number of H-pyrrole nitrogens is 1. The maximum absolute atomic E-state index is 11.5. The van der Waals surface area contributed by atoms with E-state index < -0.39 is 0 Å². The lowest BCUT2D eigenvalue weighted by atomic mass is 9.85. The van der Waals surface area contributed by atoms with E-state index in [0.29, 0.717) is 11.4 Å². The van der Waals surface area contributed by atoms with Crippen LogP contribution < -0.4 is 5.32 Å². The fourth-order valence-corrected chi connectivity index (χ4v) is 1.36. The van der Waals surface area contributed by atoms with Crippen LogP contribution in [-0.4, -0.2) is 16.1 Å². The third-order valence-electron chi connectivity index (χ3n) is 2.48. The van der Waals surface area contributed by atoms with Gasteiger partial charge in [-0.3, -0.25) is 9.89 Å². The molecule has 1 heterocycles. The molecule has 2 N–H and O–H groups in total. The minimum Gasteiger partial charge on any atom is -0.310 e. The van der Waals surface area contributed by atoms with E-state index in [4.69, 9.17) is 5.26 Å². The molecule has 5 heteroatoms. The average molecular weight is 190 g/mol. The number of amides is 1. The Labute approximate surface area is 81.1 Å². The van der Waals surface area contributed by atoms with Crippen LogP contribution in [0.5, 0.6) is 0 Å². The number of anilines is 1. The summed E-state index contributed by atoms with van der Waals surface area (Å²) in [6, 6.07) is 1.95. The maximum atomic E-state index is 11.5. The molecule has 0 unspecified atom stereocenters. The number of nitrogens with one attached hydrogen (secondary N) is 2. The van der Waals surface area contributed by atoms with Crippen LogP contribution in [0.2, 0.25) is 0 Å². The summed E-state index contributed by atoms with van der Waals surface area (Å²) in [4.78, 5) is 11.5. The Bertz CT molecular complexity index is 386. The first-order valence-corrected chi connectivity index (χ1v) is 4.55. The van der Waals surface area contributed by atoms with Crippen molar-refractivity contribution in [1.82, 2.24) is 10.2 Å². The molecular weight excluding hydrogens is 180 g/mol. The molecule has 1 aromatic heterocycles. The lowest BCUT2D eigenvalue weighted by Crippen LogP contribution is -2.28. The Morgan fingerprint density at radius 3 is 3.07 bits per heavy atom. The number of hydrogen-bond acceptors (Lipinski definition) is 3. The zero-order valence-electron chi connectivity index (χ0n) is 7.58. The fraction of sp³-hybridized carbons (Fsp3) is 0.444. The molecule has 1 aliphatic rings. The highest BCUT2D eigenvalue weighted by Gasteiger charge is 2.25. The van der Waals surface area contributed by atoms with Gasteiger partial charge in [-0.25, -0.2) is 0 Å². The second-order valence-corrected chi connectivity index (χ2v) is 3.39. The van der Waals surface area contributed by atoms with Crippen LogP contribution in [0.1, 0.15) is 24.8 Å². The monoisotopic (exact) mass is 190 g/mol. The van der Waals surface area contributed by atoms with Crippen molar-refractivity contribution < 1.29 is 4.79 Å². The number of nitriles is 1. The zero-order chi connectivity index (χ0) is 9.97. The molecule has 0 atom stereocenters. The van der Waals surface area contributed by atoms with Gasteiger partial charge in [0.25, 0.3) is 0 Å². The number of nitrogens with zero attached hydrogens (tertiary/aromatic N) is 2. The molecule has 2 rings (SSSR count). The molecule has 1 aliphatic carbocycles. The van der Waals surface area contributed by atoms with E-state index in [9.17, 15) is 4.79 Å². The van der Waals surface area contributed by atoms with Gasteiger partial charge in [-0.1, -0.05) is 6.42 Å². The van der Waals surface area contributed by atoms with Crippen LogP contribution >= 0.6 is 0 Å². The highest BCUT2D eigenvalue weighted by atomic mass is 16.2. The van der Waals surface area contributed by atoms with Crippen LogP contribution in [0, 0.1) is 17.2 Å². The normalized spacial score (nSPS) is 15.6. The van der Waals surface area contributed by atoms with Crippen molar-refractivity contribution in [3.8, 4) is 6.07 Å². The fourth-order valence-electron chi connectivity index (χ4n) is 1.36. The summed E-state index contributed by atoms with van der Waals surface area (Å²) in [5, 5.41) is 17.6. The van der Waals surface area contributed by atoms with Crippen LogP contribution in [-0.2, 0) is 4.79 Å². The molecule has 5 nitrogen and oxygen atoms in total. The summed E-state index contributed by atoms with van der Waals surface area (Å²) in [6.45, 7) is 0. The van der Waals surface area contributed by atoms with Gasteiger partial charge in [-0.15, -0.1) is 0 Å². The van der Waals surface area contributed by atoms with Gasteiger partial charge in [0.1, 0.15) is 17.5 Å². The summed E-state index contributed by atoms with van der Waals surface area (Å²) < 4.78 is 0. The summed E-state index contributed by atoms with van der Waals surface area (Å²) in [6.07, 6.45) is 4.41. The second-order valence-electron chi connectivity index (χ2n) is 3.39. The summed E-state index contributed by atoms with van der Waals surface area (Å²) in [5.41, 5.74) is 0.373. The van der Waals surface area contributed by atoms with Crippen molar-refractivity contribution >= 4 is 11.7 Å². The smallest absolute Gasteiger partial charge is 0.228 e. The van der Waals surface area contributed by atoms with Crippen molar-refractivity contribution in [2.75, 3.05) is 5.32 Å². The molecule has 0 bridgehead atoms. The Morgan fingerprint density at radius 1 is 1.71 bits per heavy atom. The highest BCUT2D eigenvalue weighted by molar-refractivity contribution is 5.93. The Balaban J connectivity index is 2.03. The van der Waals surface area contributed by atoms with Crippen molar-refractivity contribution in [1.29, 1.82) is 5.26 Å². The van der Waals surface area contributed by atoms with E-state index >= 15 is 0 Å². The minimum atomic E-state index is -0.0167. The topological polar surface area (TPSA) is 81.6 Å². The van der Waals surface area contributed by atoms with Gasteiger partial charge < -0.3 is 5.32 Å². The molecule has 1 saturated carbocycles. The molecule has 0 radical (unpaired) electrons. The molecule has 0 aromatic carbocycles. The van der Waals surface area contributed by atoms with E-state index in [1.165, 1.54) is 6.20 Å². The second kappa shape index (κ2) is 3.50. The van der Waals surface area contributed by atoms with Gasteiger partial charge in [0, 0.05) is 5.92 Å². The lowest BCUT2D eigenvalue weighted by Gasteiger charge is -2.23. The third-order valence-corrected chi connectivity index (χ3v) is 2.48. The SMILES string of the molecule is N#Cc1cn[nH]c1NC(=O)C1CCC1. The van der Waals surface area contributed by atoms with Crippen LogP contribution in [0.4, 0.5) is 5.82 Å². The number of hydrogen-bond donors (Lipinski definition) is 2. The van der Waals surface area contributed by atoms with E-state index in [1.54, 1.807) is 0 Å². The standard InChI is InChI=1S/C9H10N4O/c10-4-7-5-11-13-8(7)12-9(14)6-2-1-3-6/h5-6H,1-3H2,(H2,11,12,13,14). The highest BCUT2D eigenvalue weighted by Crippen LogP contribution is 2.27. The van der Waals surface area contributed by atoms with Crippen molar-refractivity contribution in [2.24, 2.45) is 5.92 Å². The lowest BCUT2D eigenvalue weighted by molar-refractivity contribution is -0.122. The molecule has 0 aliphatic heterocycles. The summed E-state index contributed by atoms with van der Waals surface area (Å²) >= 11 is 0. The molecule has 1 fully saturated rings. The number of aromatic nitrogens is 2. The van der Waals surface area contributed by atoms with Gasteiger partial charge >= 0.3 is 0 Å². The zero-order valence-corrected chi connectivity index (χ0v) is 7.58. The minimum absolute atomic E-state index is 0.0167. The quantitative estimate of drug-likeness (QED) is 0.730. The Kier molecular flexibility index (Phi) is 2.19. The van der Waals surface area contributed by atoms with Gasteiger partial charge in [0.15, 0.2) is 0 Å². The first-order valence-electron chi connectivity index (χ1n) is 4.55. The third kappa shape index (κ3) is 1.46. The van der Waals surface area contributed by atoms with E-state index in [1.807, 2.05) is 6.07 Å².